The first kappa shape index (κ1) is 33.3. The summed E-state index contributed by atoms with van der Waals surface area (Å²) in [4.78, 5) is 36.2. The quantitative estimate of drug-likeness (QED) is 0.278. The SMILES string of the molecule is Cc1cccc(C)c1-c1cc2nc(n1)NS(=O)(=O)c1cccc(c1)C(=O)N(Cc1cncc(N(C)C3CCC3)n1)[C@H](CC(C)(C)O)CO2. The minimum Gasteiger partial charge on any atom is -0.475 e. The van der Waals surface area contributed by atoms with Crippen molar-refractivity contribution in [2.45, 2.75) is 82.5 Å². The van der Waals surface area contributed by atoms with Gasteiger partial charge in [0.25, 0.3) is 15.9 Å². The number of benzene rings is 2. The largest absolute Gasteiger partial charge is 0.475 e. The van der Waals surface area contributed by atoms with Crippen LogP contribution in [0, 0.1) is 13.8 Å². The Morgan fingerprint density at radius 1 is 1.04 bits per heavy atom. The Morgan fingerprint density at radius 2 is 1.77 bits per heavy atom. The van der Waals surface area contributed by atoms with Crippen molar-refractivity contribution in [2.75, 3.05) is 23.3 Å². The molecule has 0 radical (unpaired) electrons. The molecule has 3 heterocycles. The third kappa shape index (κ3) is 7.26. The summed E-state index contributed by atoms with van der Waals surface area (Å²) in [6.07, 6.45) is 6.82. The zero-order valence-corrected chi connectivity index (χ0v) is 28.7. The first-order chi connectivity index (χ1) is 22.8. The second-order valence-corrected chi connectivity index (χ2v) is 15.0. The average molecular weight is 672 g/mol. The highest BCUT2D eigenvalue weighted by Gasteiger charge is 2.33. The maximum Gasteiger partial charge on any atom is 0.264 e. The maximum absolute atomic E-state index is 14.4. The summed E-state index contributed by atoms with van der Waals surface area (Å²) in [5.41, 5.74) is 2.70. The Morgan fingerprint density at radius 3 is 2.46 bits per heavy atom. The number of carbonyl (C=O) groups is 1. The summed E-state index contributed by atoms with van der Waals surface area (Å²) in [6.45, 7) is 7.23. The van der Waals surface area contributed by atoms with Crippen LogP contribution in [0.4, 0.5) is 11.8 Å². The Kier molecular flexibility index (Phi) is 9.10. The molecule has 2 N–H and O–H groups in total. The predicted octanol–water partition coefficient (Wildman–Crippen LogP) is 4.90. The molecule has 1 aliphatic heterocycles. The van der Waals surface area contributed by atoms with E-state index in [9.17, 15) is 18.3 Å². The summed E-state index contributed by atoms with van der Waals surface area (Å²) in [6, 6.07) is 13.1. The number of sulfonamides is 1. The van der Waals surface area contributed by atoms with Gasteiger partial charge in [-0.25, -0.2) is 23.1 Å². The smallest absolute Gasteiger partial charge is 0.264 e. The number of aromatic nitrogens is 4. The molecule has 2 aliphatic rings. The highest BCUT2D eigenvalue weighted by Crippen LogP contribution is 2.31. The first-order valence-electron chi connectivity index (χ1n) is 16.1. The van der Waals surface area contributed by atoms with Gasteiger partial charge in [0.15, 0.2) is 0 Å². The van der Waals surface area contributed by atoms with E-state index in [0.29, 0.717) is 23.2 Å². The van der Waals surface area contributed by atoms with E-state index in [-0.39, 0.29) is 41.9 Å². The standard InChI is InChI=1S/C35H41N7O5S/c1-22-9-6-10-23(2)32(22)29-16-31-39-34(38-29)40-48(45,46)28-14-7-11-24(15-28)33(43)42(27(21-47-31)17-35(3,4)44)20-25-18-36-19-30(37-25)41(5)26-12-8-13-26/h6-7,9-11,14-16,18-19,26-27,44H,8,12-13,17,20-21H2,1-5H3,(H,38,39,40)/t27-/m1/s1. The van der Waals surface area contributed by atoms with Crippen molar-refractivity contribution in [1.29, 1.82) is 0 Å². The van der Waals surface area contributed by atoms with Crippen LogP contribution in [-0.2, 0) is 16.6 Å². The molecule has 12 nitrogen and oxygen atoms in total. The number of aliphatic hydroxyl groups is 1. The maximum atomic E-state index is 14.4. The molecule has 0 spiro atoms. The fourth-order valence-electron chi connectivity index (χ4n) is 6.19. The number of ether oxygens (including phenoxy) is 1. The first-order valence-corrected chi connectivity index (χ1v) is 17.5. The Labute approximate surface area is 281 Å². The van der Waals surface area contributed by atoms with Crippen molar-refractivity contribution in [3.63, 3.8) is 0 Å². The second kappa shape index (κ2) is 13.1. The minimum atomic E-state index is -4.21. The van der Waals surface area contributed by atoms with Crippen LogP contribution in [0.1, 0.15) is 66.7 Å². The summed E-state index contributed by atoms with van der Waals surface area (Å²) in [7, 11) is -2.21. The van der Waals surface area contributed by atoms with E-state index in [1.54, 1.807) is 43.3 Å². The van der Waals surface area contributed by atoms with Crippen molar-refractivity contribution in [2.24, 2.45) is 0 Å². The Balaban J connectivity index is 1.46. The van der Waals surface area contributed by atoms with Gasteiger partial charge in [0.1, 0.15) is 12.4 Å². The topological polar surface area (TPSA) is 151 Å². The van der Waals surface area contributed by atoms with Crippen molar-refractivity contribution < 1.29 is 23.1 Å². The van der Waals surface area contributed by atoms with E-state index in [0.717, 1.165) is 29.5 Å². The number of amides is 1. The zero-order chi connectivity index (χ0) is 34.2. The van der Waals surface area contributed by atoms with Gasteiger partial charge in [-0.3, -0.25) is 9.78 Å². The molecule has 252 valence electrons. The monoisotopic (exact) mass is 671 g/mol. The van der Waals surface area contributed by atoms with Crippen molar-refractivity contribution in [3.8, 4) is 17.1 Å². The summed E-state index contributed by atoms with van der Waals surface area (Å²) in [5.74, 6) is 0.207. The van der Waals surface area contributed by atoms with Gasteiger partial charge in [0.2, 0.25) is 11.8 Å². The van der Waals surface area contributed by atoms with E-state index in [1.165, 1.54) is 24.6 Å². The molecule has 13 heteroatoms. The highest BCUT2D eigenvalue weighted by atomic mass is 32.2. The van der Waals surface area contributed by atoms with Gasteiger partial charge >= 0.3 is 0 Å². The van der Waals surface area contributed by atoms with E-state index < -0.39 is 27.6 Å². The molecule has 48 heavy (non-hydrogen) atoms. The Hall–Kier alpha value is -4.62. The normalized spacial score (nSPS) is 18.0. The molecular formula is C35H41N7O5S. The van der Waals surface area contributed by atoms with E-state index in [4.69, 9.17) is 9.72 Å². The van der Waals surface area contributed by atoms with Crippen LogP contribution in [0.25, 0.3) is 11.3 Å². The molecule has 1 aliphatic carbocycles. The highest BCUT2D eigenvalue weighted by molar-refractivity contribution is 7.92. The summed E-state index contributed by atoms with van der Waals surface area (Å²) >= 11 is 0. The van der Waals surface area contributed by atoms with Gasteiger partial charge in [-0.2, -0.15) is 4.98 Å². The average Bonchev–Trinajstić information content (AvgIpc) is 3.00. The third-order valence-electron chi connectivity index (χ3n) is 8.91. The zero-order valence-electron chi connectivity index (χ0n) is 27.8. The van der Waals surface area contributed by atoms with Gasteiger partial charge in [0.05, 0.1) is 46.9 Å². The number of carbonyl (C=O) groups excluding carboxylic acids is 1. The molecule has 2 aromatic heterocycles. The molecule has 0 unspecified atom stereocenters. The molecule has 1 atom stereocenters. The van der Waals surface area contributed by atoms with Crippen molar-refractivity contribution in [1.82, 2.24) is 24.8 Å². The van der Waals surface area contributed by atoms with Gasteiger partial charge in [-0.15, -0.1) is 0 Å². The van der Waals surface area contributed by atoms with Crippen LogP contribution in [0.2, 0.25) is 0 Å². The molecule has 2 aromatic carbocycles. The van der Waals surface area contributed by atoms with E-state index in [1.807, 2.05) is 39.1 Å². The number of nitrogens with zero attached hydrogens (tertiary/aromatic N) is 6. The third-order valence-corrected chi connectivity index (χ3v) is 10.2. The molecule has 4 bridgehead atoms. The molecule has 1 fully saturated rings. The number of anilines is 2. The van der Waals surface area contributed by atoms with Crippen molar-refractivity contribution >= 4 is 27.7 Å². The van der Waals surface area contributed by atoms with Crippen LogP contribution in [0.15, 0.2) is 65.8 Å². The van der Waals surface area contributed by atoms with Gasteiger partial charge in [-0.05, 0) is 82.7 Å². The number of aryl methyl sites for hydroxylation is 2. The molecule has 4 aromatic rings. The number of hydrogen-bond acceptors (Lipinski definition) is 10. The van der Waals surface area contributed by atoms with Crippen LogP contribution in [0.3, 0.4) is 0 Å². The molecule has 1 saturated carbocycles. The Bertz CT molecular complexity index is 1920. The lowest BCUT2D eigenvalue weighted by molar-refractivity contribution is 0.0158. The fraction of sp³-hybridized carbons (Fsp3) is 0.400. The van der Waals surface area contributed by atoms with E-state index >= 15 is 0 Å². The fourth-order valence-corrected chi connectivity index (χ4v) is 7.18. The molecule has 0 saturated heterocycles. The summed E-state index contributed by atoms with van der Waals surface area (Å²) in [5, 5.41) is 11.0. The number of nitrogens with one attached hydrogen (secondary N) is 1. The van der Waals surface area contributed by atoms with Crippen LogP contribution in [-0.4, -0.2) is 75.6 Å². The number of rotatable bonds is 7. The summed E-state index contributed by atoms with van der Waals surface area (Å²) < 4.78 is 36.1. The number of fused-ring (bicyclic) bond motifs is 4. The molecular weight excluding hydrogens is 630 g/mol. The van der Waals surface area contributed by atoms with E-state index in [2.05, 4.69) is 24.6 Å². The molecule has 1 amide bonds. The predicted molar refractivity (Wildman–Crippen MR) is 182 cm³/mol. The van der Waals surface area contributed by atoms with Gasteiger partial charge < -0.3 is 19.6 Å². The van der Waals surface area contributed by atoms with Gasteiger partial charge in [0, 0.05) is 30.3 Å². The number of hydrogen-bond donors (Lipinski definition) is 2. The van der Waals surface area contributed by atoms with Crippen LogP contribution >= 0.6 is 0 Å². The lowest BCUT2D eigenvalue weighted by Crippen LogP contribution is -2.47. The minimum absolute atomic E-state index is 0.0419. The van der Waals surface area contributed by atoms with Crippen molar-refractivity contribution in [3.05, 3.63) is 83.3 Å². The second-order valence-electron chi connectivity index (χ2n) is 13.3. The lowest BCUT2D eigenvalue weighted by atomic mass is 9.92. The lowest BCUT2D eigenvalue weighted by Gasteiger charge is -2.36. The molecule has 6 rings (SSSR count). The van der Waals surface area contributed by atoms with Crippen LogP contribution in [0.5, 0.6) is 5.88 Å². The van der Waals surface area contributed by atoms with Crippen LogP contribution < -0.4 is 14.4 Å². The van der Waals surface area contributed by atoms with Gasteiger partial charge in [-0.1, -0.05) is 24.3 Å².